The van der Waals surface area contributed by atoms with E-state index in [1.807, 2.05) is 68.5 Å². The Morgan fingerprint density at radius 3 is 2.30 bits per heavy atom. The molecule has 0 aliphatic carbocycles. The SMILES string of the molecule is Cc1cccc(C)c1N=C1S/C(=C/c2ccccc2)C(=O)N1C. The lowest BCUT2D eigenvalue weighted by Gasteiger charge is -2.09. The van der Waals surface area contributed by atoms with Gasteiger partial charge in [-0.3, -0.25) is 9.69 Å². The number of amides is 1. The summed E-state index contributed by atoms with van der Waals surface area (Å²) in [5, 5.41) is 0.717. The number of aryl methyl sites for hydroxylation is 2. The van der Waals surface area contributed by atoms with Crippen molar-refractivity contribution in [1.29, 1.82) is 0 Å². The van der Waals surface area contributed by atoms with Gasteiger partial charge in [0.25, 0.3) is 5.91 Å². The van der Waals surface area contributed by atoms with Crippen molar-refractivity contribution in [2.75, 3.05) is 7.05 Å². The molecule has 1 aliphatic heterocycles. The smallest absolute Gasteiger partial charge is 0.266 e. The number of hydrogen-bond acceptors (Lipinski definition) is 3. The second-order valence-electron chi connectivity index (χ2n) is 5.52. The first-order valence-electron chi connectivity index (χ1n) is 7.44. The highest BCUT2D eigenvalue weighted by molar-refractivity contribution is 8.18. The van der Waals surface area contributed by atoms with Crippen molar-refractivity contribution < 1.29 is 4.79 Å². The Morgan fingerprint density at radius 1 is 1.00 bits per heavy atom. The molecule has 0 bridgehead atoms. The molecule has 3 nitrogen and oxygen atoms in total. The highest BCUT2D eigenvalue weighted by Crippen LogP contribution is 2.34. The number of benzene rings is 2. The molecule has 0 atom stereocenters. The molecule has 0 aromatic heterocycles. The summed E-state index contributed by atoms with van der Waals surface area (Å²) >= 11 is 1.42. The van der Waals surface area contributed by atoms with E-state index < -0.39 is 0 Å². The first kappa shape index (κ1) is 15.6. The Morgan fingerprint density at radius 2 is 1.65 bits per heavy atom. The van der Waals surface area contributed by atoms with Gasteiger partial charge in [0.05, 0.1) is 10.6 Å². The molecule has 1 saturated heterocycles. The number of rotatable bonds is 2. The van der Waals surface area contributed by atoms with Crippen molar-refractivity contribution in [3.63, 3.8) is 0 Å². The molecule has 2 aromatic carbocycles. The van der Waals surface area contributed by atoms with Gasteiger partial charge in [0.15, 0.2) is 5.17 Å². The van der Waals surface area contributed by atoms with Crippen LogP contribution >= 0.6 is 11.8 Å². The average Bonchev–Trinajstić information content (AvgIpc) is 2.80. The Balaban J connectivity index is 1.96. The number of amidine groups is 1. The molecule has 1 heterocycles. The standard InChI is InChI=1S/C19H18N2OS/c1-13-8-7-9-14(2)17(13)20-19-21(3)18(22)16(23-19)12-15-10-5-4-6-11-15/h4-12H,1-3H3/b16-12+,20-19?. The first-order valence-corrected chi connectivity index (χ1v) is 8.25. The average molecular weight is 322 g/mol. The number of likely N-dealkylation sites (N-methyl/N-ethyl adjacent to an activating group) is 1. The largest absolute Gasteiger partial charge is 0.290 e. The predicted octanol–water partition coefficient (Wildman–Crippen LogP) is 4.54. The summed E-state index contributed by atoms with van der Waals surface area (Å²) in [4.78, 5) is 19.5. The first-order chi connectivity index (χ1) is 11.1. The van der Waals surface area contributed by atoms with Crippen molar-refractivity contribution in [1.82, 2.24) is 4.90 Å². The van der Waals surface area contributed by atoms with Gasteiger partial charge in [-0.25, -0.2) is 4.99 Å². The van der Waals surface area contributed by atoms with Crippen LogP contribution in [0.1, 0.15) is 16.7 Å². The molecular weight excluding hydrogens is 304 g/mol. The third-order valence-corrected chi connectivity index (χ3v) is 4.81. The van der Waals surface area contributed by atoms with Gasteiger partial charge in [-0.2, -0.15) is 0 Å². The number of thioether (sulfide) groups is 1. The molecule has 1 fully saturated rings. The zero-order valence-corrected chi connectivity index (χ0v) is 14.2. The zero-order chi connectivity index (χ0) is 16.4. The van der Waals surface area contributed by atoms with E-state index >= 15 is 0 Å². The van der Waals surface area contributed by atoms with Crippen LogP contribution in [0.5, 0.6) is 0 Å². The molecule has 0 spiro atoms. The molecule has 1 amide bonds. The molecule has 116 valence electrons. The van der Waals surface area contributed by atoms with Gasteiger partial charge in [-0.15, -0.1) is 0 Å². The lowest BCUT2D eigenvalue weighted by atomic mass is 10.1. The normalized spacial score (nSPS) is 18.2. The summed E-state index contributed by atoms with van der Waals surface area (Å²) in [6.45, 7) is 4.07. The minimum Gasteiger partial charge on any atom is -0.290 e. The fourth-order valence-electron chi connectivity index (χ4n) is 2.43. The maximum absolute atomic E-state index is 12.4. The minimum atomic E-state index is -0.0103. The summed E-state index contributed by atoms with van der Waals surface area (Å²) in [5.74, 6) is -0.0103. The van der Waals surface area contributed by atoms with Gasteiger partial charge in [0, 0.05) is 7.05 Å². The topological polar surface area (TPSA) is 32.7 Å². The summed E-state index contributed by atoms with van der Waals surface area (Å²) in [7, 11) is 1.77. The summed E-state index contributed by atoms with van der Waals surface area (Å²) < 4.78 is 0. The lowest BCUT2D eigenvalue weighted by molar-refractivity contribution is -0.121. The Hall–Kier alpha value is -2.33. The molecule has 3 rings (SSSR count). The van der Waals surface area contributed by atoms with Crippen LogP contribution in [-0.2, 0) is 4.79 Å². The fraction of sp³-hybridized carbons (Fsp3) is 0.158. The number of para-hydroxylation sites is 1. The van der Waals surface area contributed by atoms with Crippen LogP contribution in [0.2, 0.25) is 0 Å². The van der Waals surface area contributed by atoms with Gasteiger partial charge in [0.2, 0.25) is 0 Å². The van der Waals surface area contributed by atoms with Crippen LogP contribution in [0.3, 0.4) is 0 Å². The Bertz CT molecular complexity index is 789. The molecule has 0 unspecified atom stereocenters. The van der Waals surface area contributed by atoms with Gasteiger partial charge in [-0.05, 0) is 48.4 Å². The van der Waals surface area contributed by atoms with E-state index in [9.17, 15) is 4.79 Å². The van der Waals surface area contributed by atoms with E-state index in [4.69, 9.17) is 4.99 Å². The zero-order valence-electron chi connectivity index (χ0n) is 13.4. The minimum absolute atomic E-state index is 0.0103. The van der Waals surface area contributed by atoms with Crippen LogP contribution in [-0.4, -0.2) is 23.0 Å². The van der Waals surface area contributed by atoms with Crippen LogP contribution in [0.25, 0.3) is 6.08 Å². The Labute approximate surface area is 140 Å². The molecule has 0 radical (unpaired) electrons. The number of carbonyl (C=O) groups is 1. The van der Waals surface area contributed by atoms with E-state index in [0.717, 1.165) is 27.5 Å². The second-order valence-corrected chi connectivity index (χ2v) is 6.53. The van der Waals surface area contributed by atoms with Crippen molar-refractivity contribution in [3.8, 4) is 0 Å². The maximum Gasteiger partial charge on any atom is 0.266 e. The second kappa shape index (κ2) is 6.42. The fourth-order valence-corrected chi connectivity index (χ4v) is 3.40. The molecule has 2 aromatic rings. The molecule has 23 heavy (non-hydrogen) atoms. The van der Waals surface area contributed by atoms with Crippen molar-refractivity contribution >= 4 is 34.6 Å². The Kier molecular flexibility index (Phi) is 4.35. The summed E-state index contributed by atoms with van der Waals surface area (Å²) in [5.41, 5.74) is 4.18. The van der Waals surface area contributed by atoms with Gasteiger partial charge in [0.1, 0.15) is 0 Å². The van der Waals surface area contributed by atoms with Crippen LogP contribution < -0.4 is 0 Å². The summed E-state index contributed by atoms with van der Waals surface area (Å²) in [6.07, 6.45) is 1.91. The molecular formula is C19H18N2OS. The van der Waals surface area contributed by atoms with Crippen molar-refractivity contribution in [2.24, 2.45) is 4.99 Å². The number of hydrogen-bond donors (Lipinski definition) is 0. The third-order valence-electron chi connectivity index (χ3n) is 3.75. The monoisotopic (exact) mass is 322 g/mol. The van der Waals surface area contributed by atoms with Crippen LogP contribution in [0, 0.1) is 13.8 Å². The highest BCUT2D eigenvalue weighted by Gasteiger charge is 2.30. The van der Waals surface area contributed by atoms with E-state index in [1.165, 1.54) is 11.8 Å². The van der Waals surface area contributed by atoms with Gasteiger partial charge in [-0.1, -0.05) is 48.5 Å². The van der Waals surface area contributed by atoms with E-state index in [-0.39, 0.29) is 5.91 Å². The third kappa shape index (κ3) is 3.22. The quantitative estimate of drug-likeness (QED) is 0.761. The predicted molar refractivity (Wildman–Crippen MR) is 97.8 cm³/mol. The van der Waals surface area contributed by atoms with Crippen LogP contribution in [0.15, 0.2) is 58.4 Å². The highest BCUT2D eigenvalue weighted by atomic mass is 32.2. The van der Waals surface area contributed by atoms with E-state index in [0.29, 0.717) is 4.91 Å². The molecule has 1 aliphatic rings. The number of nitrogens with zero attached hydrogens (tertiary/aromatic N) is 2. The van der Waals surface area contributed by atoms with Crippen molar-refractivity contribution in [3.05, 3.63) is 70.1 Å². The van der Waals surface area contributed by atoms with E-state index in [1.54, 1.807) is 11.9 Å². The molecule has 0 N–H and O–H groups in total. The van der Waals surface area contributed by atoms with Gasteiger partial charge < -0.3 is 0 Å². The van der Waals surface area contributed by atoms with Gasteiger partial charge >= 0.3 is 0 Å². The van der Waals surface area contributed by atoms with E-state index in [2.05, 4.69) is 0 Å². The van der Waals surface area contributed by atoms with Crippen molar-refractivity contribution in [2.45, 2.75) is 13.8 Å². The van der Waals surface area contributed by atoms with Crippen LogP contribution in [0.4, 0.5) is 5.69 Å². The molecule has 4 heteroatoms. The molecule has 0 saturated carbocycles. The number of carbonyl (C=O) groups excluding carboxylic acids is 1. The number of aliphatic imine (C=N–C) groups is 1. The summed E-state index contributed by atoms with van der Waals surface area (Å²) in [6, 6.07) is 16.0. The maximum atomic E-state index is 12.4. The lowest BCUT2D eigenvalue weighted by Crippen LogP contribution is -2.23.